The van der Waals surface area contributed by atoms with E-state index < -0.39 is 5.60 Å². The van der Waals surface area contributed by atoms with Crippen molar-refractivity contribution in [2.24, 2.45) is 0 Å². The Kier molecular flexibility index (Phi) is 2.35. The van der Waals surface area contributed by atoms with Crippen molar-refractivity contribution in [3.8, 4) is 11.5 Å². The second-order valence-corrected chi connectivity index (χ2v) is 4.27. The van der Waals surface area contributed by atoms with Crippen LogP contribution in [0.2, 0.25) is 0 Å². The zero-order chi connectivity index (χ0) is 11.1. The summed E-state index contributed by atoms with van der Waals surface area (Å²) in [5.41, 5.74) is 0.680. The summed E-state index contributed by atoms with van der Waals surface area (Å²) in [5.74, 6) is 0.915. The van der Waals surface area contributed by atoms with E-state index in [1.165, 1.54) is 0 Å². The van der Waals surface area contributed by atoms with Crippen LogP contribution in [0.1, 0.15) is 30.9 Å². The van der Waals surface area contributed by atoms with Crippen molar-refractivity contribution < 1.29 is 14.9 Å². The third kappa shape index (κ3) is 1.57. The van der Waals surface area contributed by atoms with Crippen molar-refractivity contribution in [1.82, 2.24) is 0 Å². The van der Waals surface area contributed by atoms with E-state index in [1.807, 2.05) is 0 Å². The highest BCUT2D eigenvalue weighted by Crippen LogP contribution is 2.43. The number of ether oxygens (including phenoxy) is 1. The molecule has 3 heteroatoms. The van der Waals surface area contributed by atoms with Gasteiger partial charge in [0, 0.05) is 11.1 Å². The van der Waals surface area contributed by atoms with E-state index in [0.717, 1.165) is 24.0 Å². The largest absolute Gasteiger partial charge is 0.508 e. The summed E-state index contributed by atoms with van der Waals surface area (Å²) in [6.07, 6.45) is 2.40. The highest BCUT2D eigenvalue weighted by Gasteiger charge is 2.34. The number of aromatic hydroxyl groups is 1. The van der Waals surface area contributed by atoms with Crippen LogP contribution in [0, 0.1) is 0 Å². The molecule has 15 heavy (non-hydrogen) atoms. The molecule has 1 aliphatic rings. The molecule has 0 radical (unpaired) electrons. The fourth-order valence-electron chi connectivity index (χ4n) is 2.36. The van der Waals surface area contributed by atoms with Crippen LogP contribution >= 0.6 is 0 Å². The fraction of sp³-hybridized carbons (Fsp3) is 0.500. The van der Waals surface area contributed by atoms with E-state index in [2.05, 4.69) is 0 Å². The third-order valence-electron chi connectivity index (χ3n) is 3.10. The monoisotopic (exact) mass is 208 g/mol. The topological polar surface area (TPSA) is 49.7 Å². The molecule has 0 aliphatic heterocycles. The molecule has 0 heterocycles. The average molecular weight is 208 g/mol. The normalized spacial score (nSPS) is 24.7. The maximum atomic E-state index is 10.3. The van der Waals surface area contributed by atoms with Gasteiger partial charge in [-0.15, -0.1) is 0 Å². The Hall–Kier alpha value is -1.22. The first-order chi connectivity index (χ1) is 7.06. The summed E-state index contributed by atoms with van der Waals surface area (Å²) >= 11 is 0. The Morgan fingerprint density at radius 2 is 2.13 bits per heavy atom. The quantitative estimate of drug-likeness (QED) is 0.741. The molecule has 1 unspecified atom stereocenters. The third-order valence-corrected chi connectivity index (χ3v) is 3.10. The molecular formula is C12H16O3. The molecule has 3 nitrogen and oxygen atoms in total. The molecular weight excluding hydrogens is 192 g/mol. The summed E-state index contributed by atoms with van der Waals surface area (Å²) in [5, 5.41) is 20.0. The molecule has 1 aromatic carbocycles. The zero-order valence-electron chi connectivity index (χ0n) is 9.08. The second kappa shape index (κ2) is 3.42. The number of phenolic OH excluding ortho intramolecular Hbond substituents is 1. The zero-order valence-corrected chi connectivity index (χ0v) is 9.08. The SMILES string of the molecule is COc1ccc(O)c2c1C(C)(O)CCC2. The minimum absolute atomic E-state index is 0.255. The molecule has 1 aliphatic carbocycles. The molecule has 0 saturated heterocycles. The number of phenols is 1. The Morgan fingerprint density at radius 3 is 2.80 bits per heavy atom. The van der Waals surface area contributed by atoms with Crippen LogP contribution in [-0.2, 0) is 12.0 Å². The lowest BCUT2D eigenvalue weighted by molar-refractivity contribution is 0.0356. The number of benzene rings is 1. The number of hydrogen-bond donors (Lipinski definition) is 2. The molecule has 0 fully saturated rings. The molecule has 0 amide bonds. The van der Waals surface area contributed by atoms with Crippen LogP contribution in [0.5, 0.6) is 11.5 Å². The van der Waals surface area contributed by atoms with E-state index in [9.17, 15) is 10.2 Å². The first kappa shape index (κ1) is 10.3. The molecule has 2 rings (SSSR count). The van der Waals surface area contributed by atoms with Crippen LogP contribution in [0.25, 0.3) is 0 Å². The van der Waals surface area contributed by atoms with Crippen molar-refractivity contribution in [2.75, 3.05) is 7.11 Å². The Bertz CT molecular complexity index is 383. The first-order valence-corrected chi connectivity index (χ1v) is 5.18. The van der Waals surface area contributed by atoms with Gasteiger partial charge in [-0.05, 0) is 38.3 Å². The highest BCUT2D eigenvalue weighted by molar-refractivity contribution is 5.52. The number of methoxy groups -OCH3 is 1. The van der Waals surface area contributed by atoms with E-state index >= 15 is 0 Å². The summed E-state index contributed by atoms with van der Waals surface area (Å²) in [6, 6.07) is 3.33. The lowest BCUT2D eigenvalue weighted by atomic mass is 9.79. The minimum Gasteiger partial charge on any atom is -0.508 e. The van der Waals surface area contributed by atoms with Crippen molar-refractivity contribution in [3.05, 3.63) is 23.3 Å². The number of fused-ring (bicyclic) bond motifs is 1. The van der Waals surface area contributed by atoms with Gasteiger partial charge in [-0.3, -0.25) is 0 Å². The van der Waals surface area contributed by atoms with Crippen molar-refractivity contribution in [2.45, 2.75) is 31.8 Å². The molecule has 0 saturated carbocycles. The molecule has 82 valence electrons. The highest BCUT2D eigenvalue weighted by atomic mass is 16.5. The lowest BCUT2D eigenvalue weighted by Gasteiger charge is -2.32. The van der Waals surface area contributed by atoms with Gasteiger partial charge in [0.05, 0.1) is 12.7 Å². The van der Waals surface area contributed by atoms with Gasteiger partial charge < -0.3 is 14.9 Å². The van der Waals surface area contributed by atoms with Gasteiger partial charge in [0.25, 0.3) is 0 Å². The van der Waals surface area contributed by atoms with Gasteiger partial charge in [0.15, 0.2) is 0 Å². The summed E-state index contributed by atoms with van der Waals surface area (Å²) in [4.78, 5) is 0. The van der Waals surface area contributed by atoms with Crippen LogP contribution in [0.4, 0.5) is 0 Å². The number of rotatable bonds is 1. The van der Waals surface area contributed by atoms with Gasteiger partial charge in [-0.2, -0.15) is 0 Å². The first-order valence-electron chi connectivity index (χ1n) is 5.18. The van der Waals surface area contributed by atoms with Gasteiger partial charge in [-0.1, -0.05) is 0 Å². The van der Waals surface area contributed by atoms with Gasteiger partial charge in [0.1, 0.15) is 11.5 Å². The van der Waals surface area contributed by atoms with Crippen LogP contribution in [-0.4, -0.2) is 17.3 Å². The predicted octanol–water partition coefficient (Wildman–Crippen LogP) is 1.94. The molecule has 1 atom stereocenters. The molecule has 1 aromatic rings. The number of hydrogen-bond acceptors (Lipinski definition) is 3. The smallest absolute Gasteiger partial charge is 0.125 e. The van der Waals surface area contributed by atoms with Crippen molar-refractivity contribution >= 4 is 0 Å². The average Bonchev–Trinajstić information content (AvgIpc) is 2.19. The molecule has 0 spiro atoms. The van der Waals surface area contributed by atoms with E-state index in [0.29, 0.717) is 12.2 Å². The van der Waals surface area contributed by atoms with Crippen molar-refractivity contribution in [3.63, 3.8) is 0 Å². The maximum absolute atomic E-state index is 10.3. The van der Waals surface area contributed by atoms with Crippen LogP contribution < -0.4 is 4.74 Å². The van der Waals surface area contributed by atoms with Gasteiger partial charge in [-0.25, -0.2) is 0 Å². The van der Waals surface area contributed by atoms with Gasteiger partial charge >= 0.3 is 0 Å². The van der Waals surface area contributed by atoms with Gasteiger partial charge in [0.2, 0.25) is 0 Å². The predicted molar refractivity (Wildman–Crippen MR) is 57.2 cm³/mol. The Labute approximate surface area is 89.3 Å². The summed E-state index contributed by atoms with van der Waals surface area (Å²) in [7, 11) is 1.58. The minimum atomic E-state index is -0.891. The van der Waals surface area contributed by atoms with Crippen molar-refractivity contribution in [1.29, 1.82) is 0 Å². The second-order valence-electron chi connectivity index (χ2n) is 4.27. The summed E-state index contributed by atoms with van der Waals surface area (Å²) in [6.45, 7) is 1.77. The summed E-state index contributed by atoms with van der Waals surface area (Å²) < 4.78 is 5.23. The molecule has 0 bridgehead atoms. The molecule has 0 aromatic heterocycles. The lowest BCUT2D eigenvalue weighted by Crippen LogP contribution is -2.27. The molecule has 2 N–H and O–H groups in total. The number of aliphatic hydroxyl groups is 1. The van der Waals surface area contributed by atoms with E-state index in [4.69, 9.17) is 4.74 Å². The van der Waals surface area contributed by atoms with E-state index in [1.54, 1.807) is 26.2 Å². The maximum Gasteiger partial charge on any atom is 0.125 e. The Balaban J connectivity index is 2.66. The van der Waals surface area contributed by atoms with Crippen LogP contribution in [0.15, 0.2) is 12.1 Å². The standard InChI is InChI=1S/C12H16O3/c1-12(14)7-3-4-8-9(13)5-6-10(15-2)11(8)12/h5-6,13-14H,3-4,7H2,1-2H3. The fourth-order valence-corrected chi connectivity index (χ4v) is 2.36. The Morgan fingerprint density at radius 1 is 1.40 bits per heavy atom. The van der Waals surface area contributed by atoms with E-state index in [-0.39, 0.29) is 5.75 Å². The van der Waals surface area contributed by atoms with Crippen LogP contribution in [0.3, 0.4) is 0 Å².